The van der Waals surface area contributed by atoms with E-state index in [1.165, 1.54) is 4.90 Å². The molecule has 2 fully saturated rings. The van der Waals surface area contributed by atoms with Gasteiger partial charge in [-0.3, -0.25) is 0 Å². The van der Waals surface area contributed by atoms with Gasteiger partial charge in [0, 0.05) is 0 Å². The maximum Gasteiger partial charge on any atom is 0.418 e. The molecule has 1 heterocycles. The molecule has 17 heavy (non-hydrogen) atoms. The van der Waals surface area contributed by atoms with Gasteiger partial charge in [-0.05, 0) is 12.0 Å². The van der Waals surface area contributed by atoms with Gasteiger partial charge < -0.3 is 10.1 Å². The lowest BCUT2D eigenvalue weighted by molar-refractivity contribution is 0.106. The summed E-state index contributed by atoms with van der Waals surface area (Å²) in [5, 5.41) is 2.71. The summed E-state index contributed by atoms with van der Waals surface area (Å²) >= 11 is 0. The van der Waals surface area contributed by atoms with Crippen LogP contribution in [0.15, 0.2) is 30.3 Å². The third-order valence-electron chi connectivity index (χ3n) is 3.02. The van der Waals surface area contributed by atoms with E-state index in [2.05, 4.69) is 5.32 Å². The molecule has 1 aromatic rings. The zero-order valence-electron chi connectivity index (χ0n) is 9.13. The lowest BCUT2D eigenvalue weighted by atomic mass is 10.2. The van der Waals surface area contributed by atoms with Crippen LogP contribution in [-0.4, -0.2) is 29.1 Å². The van der Waals surface area contributed by atoms with Crippen molar-refractivity contribution in [2.45, 2.75) is 25.1 Å². The zero-order valence-corrected chi connectivity index (χ0v) is 9.13. The molecule has 1 aliphatic carbocycles. The Morgan fingerprint density at radius 2 is 2.18 bits per heavy atom. The molecule has 1 aliphatic heterocycles. The molecule has 0 radical (unpaired) electrons. The molecule has 2 aliphatic rings. The van der Waals surface area contributed by atoms with Gasteiger partial charge in [-0.15, -0.1) is 0 Å². The molecule has 1 N–H and O–H groups in total. The van der Waals surface area contributed by atoms with Crippen molar-refractivity contribution in [1.29, 1.82) is 0 Å². The van der Waals surface area contributed by atoms with Crippen LogP contribution >= 0.6 is 0 Å². The zero-order chi connectivity index (χ0) is 11.8. The SMILES string of the molecule is O=C1N[C@@H]2C[C@H]2N1C(=O)OCc1ccccc1. The molecule has 2 atom stereocenters. The fourth-order valence-electron chi connectivity index (χ4n) is 2.01. The normalized spacial score (nSPS) is 25.2. The lowest BCUT2D eigenvalue weighted by Gasteiger charge is -2.15. The largest absolute Gasteiger partial charge is 0.444 e. The Balaban J connectivity index is 1.59. The predicted octanol–water partition coefficient (Wildman–Crippen LogP) is 1.49. The minimum atomic E-state index is -0.559. The van der Waals surface area contributed by atoms with E-state index in [1.54, 1.807) is 0 Å². The fourth-order valence-corrected chi connectivity index (χ4v) is 2.01. The maximum atomic E-state index is 11.7. The third kappa shape index (κ3) is 1.84. The number of carbonyl (C=O) groups excluding carboxylic acids is 2. The molecule has 0 bridgehead atoms. The van der Waals surface area contributed by atoms with E-state index >= 15 is 0 Å². The predicted molar refractivity (Wildman–Crippen MR) is 59.2 cm³/mol. The first kappa shape index (κ1) is 10.1. The van der Waals surface area contributed by atoms with Gasteiger partial charge in [0.1, 0.15) is 6.61 Å². The second-order valence-corrected chi connectivity index (χ2v) is 4.27. The van der Waals surface area contributed by atoms with E-state index in [-0.39, 0.29) is 24.7 Å². The van der Waals surface area contributed by atoms with Gasteiger partial charge in [0.15, 0.2) is 0 Å². The number of benzene rings is 1. The lowest BCUT2D eigenvalue weighted by Crippen LogP contribution is -2.38. The smallest absolute Gasteiger partial charge is 0.418 e. The van der Waals surface area contributed by atoms with Crippen LogP contribution in [-0.2, 0) is 11.3 Å². The minimum absolute atomic E-state index is 0.00535. The molecule has 0 spiro atoms. The highest BCUT2D eigenvalue weighted by Gasteiger charge is 2.54. The number of imide groups is 1. The number of urea groups is 1. The van der Waals surface area contributed by atoms with Crippen LogP contribution in [0.4, 0.5) is 9.59 Å². The number of hydrogen-bond donors (Lipinski definition) is 1. The summed E-state index contributed by atoms with van der Waals surface area (Å²) in [7, 11) is 0. The van der Waals surface area contributed by atoms with Crippen LogP contribution in [0.5, 0.6) is 0 Å². The Bertz CT molecular complexity index is 460. The van der Waals surface area contributed by atoms with Crippen LogP contribution in [0, 0.1) is 0 Å². The van der Waals surface area contributed by atoms with Gasteiger partial charge in [-0.1, -0.05) is 30.3 Å². The number of nitrogens with one attached hydrogen (secondary N) is 1. The van der Waals surface area contributed by atoms with E-state index in [1.807, 2.05) is 30.3 Å². The Morgan fingerprint density at radius 1 is 1.41 bits per heavy atom. The fraction of sp³-hybridized carbons (Fsp3) is 0.333. The molecule has 5 nitrogen and oxygen atoms in total. The summed E-state index contributed by atoms with van der Waals surface area (Å²) in [5.74, 6) is 0. The molecule has 3 amide bonds. The van der Waals surface area contributed by atoms with Crippen molar-refractivity contribution in [3.8, 4) is 0 Å². The topological polar surface area (TPSA) is 58.6 Å². The first-order valence-corrected chi connectivity index (χ1v) is 5.56. The monoisotopic (exact) mass is 232 g/mol. The Morgan fingerprint density at radius 3 is 2.82 bits per heavy atom. The van der Waals surface area contributed by atoms with Gasteiger partial charge in [0.2, 0.25) is 0 Å². The number of carbonyl (C=O) groups is 2. The Kier molecular flexibility index (Phi) is 2.24. The van der Waals surface area contributed by atoms with Crippen molar-refractivity contribution < 1.29 is 14.3 Å². The van der Waals surface area contributed by atoms with Crippen LogP contribution in [0.25, 0.3) is 0 Å². The van der Waals surface area contributed by atoms with Crippen LogP contribution in [0.1, 0.15) is 12.0 Å². The van der Waals surface area contributed by atoms with Gasteiger partial charge in [-0.25, -0.2) is 14.5 Å². The summed E-state index contributed by atoms with van der Waals surface area (Å²) < 4.78 is 5.11. The molecule has 88 valence electrons. The van der Waals surface area contributed by atoms with Crippen molar-refractivity contribution in [3.63, 3.8) is 0 Å². The first-order chi connectivity index (χ1) is 8.25. The molecule has 1 saturated heterocycles. The van der Waals surface area contributed by atoms with Crippen molar-refractivity contribution in [2.75, 3.05) is 0 Å². The highest BCUT2D eigenvalue weighted by molar-refractivity contribution is 5.94. The Labute approximate surface area is 98.4 Å². The van der Waals surface area contributed by atoms with Gasteiger partial charge in [-0.2, -0.15) is 0 Å². The average Bonchev–Trinajstić information content (AvgIpc) is 3.00. The van der Waals surface area contributed by atoms with Crippen molar-refractivity contribution in [1.82, 2.24) is 10.2 Å². The highest BCUT2D eigenvalue weighted by Crippen LogP contribution is 2.34. The van der Waals surface area contributed by atoms with Crippen molar-refractivity contribution >= 4 is 12.1 Å². The second-order valence-electron chi connectivity index (χ2n) is 4.27. The summed E-state index contributed by atoms with van der Waals surface area (Å²) in [6.07, 6.45) is 0.281. The molecular formula is C12H12N2O3. The standard InChI is InChI=1S/C12H12N2O3/c15-11-13-9-6-10(9)14(11)12(16)17-7-8-4-2-1-3-5-8/h1-5,9-10H,6-7H2,(H,13,15)/t9-,10-/m1/s1. The number of fused-ring (bicyclic) bond motifs is 1. The van der Waals surface area contributed by atoms with E-state index in [4.69, 9.17) is 4.74 Å². The number of ether oxygens (including phenoxy) is 1. The van der Waals surface area contributed by atoms with Gasteiger partial charge in [0.25, 0.3) is 0 Å². The number of amides is 3. The number of rotatable bonds is 2. The average molecular weight is 232 g/mol. The minimum Gasteiger partial charge on any atom is -0.444 e. The van der Waals surface area contributed by atoms with E-state index < -0.39 is 6.09 Å². The van der Waals surface area contributed by atoms with Crippen LogP contribution in [0.3, 0.4) is 0 Å². The second kappa shape index (κ2) is 3.76. The third-order valence-corrected chi connectivity index (χ3v) is 3.02. The highest BCUT2D eigenvalue weighted by atomic mass is 16.6. The molecule has 0 aromatic heterocycles. The number of hydrogen-bond acceptors (Lipinski definition) is 3. The molecular weight excluding hydrogens is 220 g/mol. The Hall–Kier alpha value is -2.04. The quantitative estimate of drug-likeness (QED) is 0.840. The first-order valence-electron chi connectivity index (χ1n) is 5.56. The number of nitrogens with zero attached hydrogens (tertiary/aromatic N) is 1. The van der Waals surface area contributed by atoms with E-state index in [9.17, 15) is 9.59 Å². The molecule has 5 heteroatoms. The van der Waals surface area contributed by atoms with Crippen molar-refractivity contribution in [2.24, 2.45) is 0 Å². The van der Waals surface area contributed by atoms with Gasteiger partial charge in [0.05, 0.1) is 12.1 Å². The molecule has 1 aromatic carbocycles. The van der Waals surface area contributed by atoms with Gasteiger partial charge >= 0.3 is 12.1 Å². The summed E-state index contributed by atoms with van der Waals surface area (Å²) in [5.41, 5.74) is 0.910. The summed E-state index contributed by atoms with van der Waals surface area (Å²) in [6.45, 7) is 0.195. The van der Waals surface area contributed by atoms with E-state index in [0.717, 1.165) is 12.0 Å². The summed E-state index contributed by atoms with van der Waals surface area (Å²) in [4.78, 5) is 24.3. The molecule has 0 unspecified atom stereocenters. The van der Waals surface area contributed by atoms with Crippen LogP contribution in [0.2, 0.25) is 0 Å². The van der Waals surface area contributed by atoms with Crippen LogP contribution < -0.4 is 5.32 Å². The van der Waals surface area contributed by atoms with E-state index in [0.29, 0.717) is 0 Å². The molecule has 1 saturated carbocycles. The maximum absolute atomic E-state index is 11.7. The summed E-state index contributed by atoms with van der Waals surface area (Å²) in [6, 6.07) is 9.20. The molecule has 3 rings (SSSR count). The van der Waals surface area contributed by atoms with Crippen molar-refractivity contribution in [3.05, 3.63) is 35.9 Å².